The molecule has 0 unspecified atom stereocenters. The van der Waals surface area contributed by atoms with Crippen LogP contribution in [0.5, 0.6) is 11.5 Å². The molecule has 2 aromatic carbocycles. The lowest BCUT2D eigenvalue weighted by Gasteiger charge is -2.34. The number of nitrogens with zero attached hydrogens (tertiary/aromatic N) is 1. The summed E-state index contributed by atoms with van der Waals surface area (Å²) in [5.74, 6) is 1.60. The summed E-state index contributed by atoms with van der Waals surface area (Å²) < 4.78 is 12.9. The SMILES string of the molecule is COc1ccc(Br)cc1/C=C1/C(=O)/C(=C/c2cc(Br)ccc2OC)[C@H]2CC[C@H]1N2C. The van der Waals surface area contributed by atoms with E-state index in [0.717, 1.165) is 55.6 Å². The Hall–Kier alpha value is -1.89. The van der Waals surface area contributed by atoms with E-state index >= 15 is 0 Å². The lowest BCUT2D eigenvalue weighted by atomic mass is 9.88. The summed E-state index contributed by atoms with van der Waals surface area (Å²) in [5, 5.41) is 0. The van der Waals surface area contributed by atoms with E-state index in [2.05, 4.69) is 43.8 Å². The third-order valence-electron chi connectivity index (χ3n) is 5.94. The number of halogens is 2. The van der Waals surface area contributed by atoms with E-state index < -0.39 is 0 Å². The van der Waals surface area contributed by atoms with Crippen LogP contribution >= 0.6 is 31.9 Å². The number of hydrogen-bond donors (Lipinski definition) is 0. The quantitative estimate of drug-likeness (QED) is 0.470. The first kappa shape index (κ1) is 21.3. The van der Waals surface area contributed by atoms with Crippen molar-refractivity contribution in [1.82, 2.24) is 4.90 Å². The second-order valence-corrected chi connectivity index (χ2v) is 9.41. The van der Waals surface area contributed by atoms with Crippen molar-refractivity contribution >= 4 is 49.8 Å². The average molecular weight is 533 g/mol. The van der Waals surface area contributed by atoms with Crippen LogP contribution in [0.25, 0.3) is 12.2 Å². The molecule has 156 valence electrons. The van der Waals surface area contributed by atoms with Gasteiger partial charge in [-0.2, -0.15) is 0 Å². The van der Waals surface area contributed by atoms with Gasteiger partial charge in [0, 0.05) is 43.3 Å². The van der Waals surface area contributed by atoms with Gasteiger partial charge in [-0.3, -0.25) is 9.69 Å². The summed E-state index contributed by atoms with van der Waals surface area (Å²) in [6, 6.07) is 11.9. The molecule has 2 aliphatic rings. The molecule has 30 heavy (non-hydrogen) atoms. The minimum Gasteiger partial charge on any atom is -0.496 e. The van der Waals surface area contributed by atoms with Gasteiger partial charge in [-0.1, -0.05) is 31.9 Å². The monoisotopic (exact) mass is 531 g/mol. The lowest BCUT2D eigenvalue weighted by molar-refractivity contribution is -0.114. The molecule has 4 nitrogen and oxygen atoms in total. The molecule has 2 atom stereocenters. The van der Waals surface area contributed by atoms with Gasteiger partial charge >= 0.3 is 0 Å². The van der Waals surface area contributed by atoms with Gasteiger partial charge in [-0.05, 0) is 68.4 Å². The van der Waals surface area contributed by atoms with Gasteiger partial charge in [0.2, 0.25) is 0 Å². The molecule has 4 rings (SSSR count). The van der Waals surface area contributed by atoms with Crippen LogP contribution in [0.15, 0.2) is 56.5 Å². The molecule has 2 bridgehead atoms. The molecule has 0 aromatic heterocycles. The maximum atomic E-state index is 13.6. The highest BCUT2D eigenvalue weighted by atomic mass is 79.9. The fraction of sp³-hybridized carbons (Fsp3) is 0.292. The topological polar surface area (TPSA) is 38.8 Å². The van der Waals surface area contributed by atoms with Crippen LogP contribution in [0.3, 0.4) is 0 Å². The summed E-state index contributed by atoms with van der Waals surface area (Å²) >= 11 is 7.05. The van der Waals surface area contributed by atoms with Gasteiger partial charge in [-0.25, -0.2) is 0 Å². The van der Waals surface area contributed by atoms with Gasteiger partial charge in [-0.15, -0.1) is 0 Å². The number of Topliss-reactive ketones (excluding diaryl/α,β-unsaturated/α-hetero) is 1. The number of carbonyl (C=O) groups excluding carboxylic acids is 1. The van der Waals surface area contributed by atoms with Crippen molar-refractivity contribution in [3.05, 3.63) is 67.6 Å². The second-order valence-electron chi connectivity index (χ2n) is 7.58. The Morgan fingerprint density at radius 2 is 1.30 bits per heavy atom. The zero-order chi connectivity index (χ0) is 21.4. The highest BCUT2D eigenvalue weighted by Gasteiger charge is 2.44. The Balaban J connectivity index is 1.83. The van der Waals surface area contributed by atoms with E-state index in [9.17, 15) is 4.79 Å². The minimum atomic E-state index is 0.102. The highest BCUT2D eigenvalue weighted by Crippen LogP contribution is 2.42. The number of hydrogen-bond acceptors (Lipinski definition) is 4. The number of ether oxygens (including phenoxy) is 2. The summed E-state index contributed by atoms with van der Waals surface area (Å²) in [6.07, 6.45) is 5.89. The molecule has 6 heteroatoms. The molecule has 0 radical (unpaired) electrons. The van der Waals surface area contributed by atoms with Gasteiger partial charge in [0.05, 0.1) is 14.2 Å². The first-order valence-electron chi connectivity index (χ1n) is 9.80. The lowest BCUT2D eigenvalue weighted by Crippen LogP contribution is -2.43. The predicted molar refractivity (Wildman–Crippen MR) is 127 cm³/mol. The van der Waals surface area contributed by atoms with Crippen LogP contribution in [-0.2, 0) is 4.79 Å². The standard InChI is InChI=1S/C24H23Br2NO3/c1-27-20-6-7-21(27)19(13-15-11-17(26)5-9-23(15)30-3)24(28)18(20)12-14-10-16(25)4-8-22(14)29-2/h4-5,8-13,20-21H,6-7H2,1-3H3/b18-12+,19-13+/t20-,21-/m1/s1. The van der Waals surface area contributed by atoms with Crippen molar-refractivity contribution < 1.29 is 14.3 Å². The van der Waals surface area contributed by atoms with Crippen molar-refractivity contribution in [3.63, 3.8) is 0 Å². The molecule has 0 spiro atoms. The van der Waals surface area contributed by atoms with E-state index in [0.29, 0.717) is 0 Å². The van der Waals surface area contributed by atoms with Crippen LogP contribution in [0, 0.1) is 0 Å². The van der Waals surface area contributed by atoms with Gasteiger partial charge < -0.3 is 9.47 Å². The maximum Gasteiger partial charge on any atom is 0.188 e. The van der Waals surface area contributed by atoms with E-state index in [1.54, 1.807) is 14.2 Å². The van der Waals surface area contributed by atoms with E-state index in [1.165, 1.54) is 0 Å². The predicted octanol–water partition coefficient (Wildman–Crippen LogP) is 5.74. The number of carbonyl (C=O) groups is 1. The number of ketones is 1. The largest absolute Gasteiger partial charge is 0.496 e. The fourth-order valence-corrected chi connectivity index (χ4v) is 5.21. The summed E-state index contributed by atoms with van der Waals surface area (Å²) in [6.45, 7) is 0. The van der Waals surface area contributed by atoms with Crippen LogP contribution in [0.1, 0.15) is 24.0 Å². The number of piperidine rings is 1. The van der Waals surface area contributed by atoms with Crippen molar-refractivity contribution in [2.45, 2.75) is 24.9 Å². The Bertz CT molecular complexity index is 979. The van der Waals surface area contributed by atoms with Gasteiger partial charge in [0.25, 0.3) is 0 Å². The normalized spacial score (nSPS) is 24.0. The molecule has 2 aromatic rings. The summed E-state index contributed by atoms with van der Waals surface area (Å²) in [7, 11) is 5.40. The third kappa shape index (κ3) is 3.88. The van der Waals surface area contributed by atoms with Gasteiger partial charge in [0.1, 0.15) is 11.5 Å². The summed E-state index contributed by atoms with van der Waals surface area (Å²) in [4.78, 5) is 16.0. The molecule has 2 saturated heterocycles. The molecule has 0 amide bonds. The van der Waals surface area contributed by atoms with Crippen molar-refractivity contribution in [3.8, 4) is 11.5 Å². The second kappa shape index (κ2) is 8.69. The van der Waals surface area contributed by atoms with Crippen LogP contribution in [-0.4, -0.2) is 44.0 Å². The molecule has 0 aliphatic carbocycles. The maximum absolute atomic E-state index is 13.6. The Morgan fingerprint density at radius 3 is 1.70 bits per heavy atom. The summed E-state index contributed by atoms with van der Waals surface area (Å²) in [5.41, 5.74) is 3.41. The third-order valence-corrected chi connectivity index (χ3v) is 6.93. The zero-order valence-corrected chi connectivity index (χ0v) is 20.3. The molecule has 0 saturated carbocycles. The molecule has 2 heterocycles. The minimum absolute atomic E-state index is 0.102. The molecule has 0 N–H and O–H groups in total. The fourth-order valence-electron chi connectivity index (χ4n) is 4.45. The average Bonchev–Trinajstić information content (AvgIpc) is 3.04. The zero-order valence-electron chi connectivity index (χ0n) is 17.1. The molecule has 2 aliphatic heterocycles. The number of rotatable bonds is 4. The Kier molecular flexibility index (Phi) is 6.19. The van der Waals surface area contributed by atoms with Gasteiger partial charge in [0.15, 0.2) is 5.78 Å². The number of methoxy groups -OCH3 is 2. The molecular weight excluding hydrogens is 510 g/mol. The van der Waals surface area contributed by atoms with Crippen molar-refractivity contribution in [2.24, 2.45) is 0 Å². The van der Waals surface area contributed by atoms with Crippen LogP contribution < -0.4 is 9.47 Å². The van der Waals surface area contributed by atoms with E-state index in [4.69, 9.17) is 9.47 Å². The Morgan fingerprint density at radius 1 is 0.867 bits per heavy atom. The van der Waals surface area contributed by atoms with E-state index in [-0.39, 0.29) is 17.9 Å². The van der Waals surface area contributed by atoms with Crippen molar-refractivity contribution in [1.29, 1.82) is 0 Å². The van der Waals surface area contributed by atoms with Crippen LogP contribution in [0.2, 0.25) is 0 Å². The number of fused-ring (bicyclic) bond motifs is 2. The Labute approximate surface area is 193 Å². The van der Waals surface area contributed by atoms with E-state index in [1.807, 2.05) is 48.6 Å². The molecular formula is C24H23Br2NO3. The number of benzene rings is 2. The smallest absolute Gasteiger partial charge is 0.188 e. The van der Waals surface area contributed by atoms with Crippen LogP contribution in [0.4, 0.5) is 0 Å². The highest BCUT2D eigenvalue weighted by molar-refractivity contribution is 9.10. The number of likely N-dealkylation sites (N-methyl/N-ethyl adjacent to an activating group) is 1. The first-order chi connectivity index (χ1) is 14.4. The van der Waals surface area contributed by atoms with Crippen molar-refractivity contribution in [2.75, 3.05) is 21.3 Å². The molecule has 2 fully saturated rings. The first-order valence-corrected chi connectivity index (χ1v) is 11.4.